The maximum atomic E-state index is 13.4. The first-order valence-electron chi connectivity index (χ1n) is 11.4. The minimum absolute atomic E-state index is 0.0905. The van der Waals surface area contributed by atoms with Crippen molar-refractivity contribution in [2.24, 2.45) is 0 Å². The first kappa shape index (κ1) is 22.3. The molecule has 0 spiro atoms. The second-order valence-electron chi connectivity index (χ2n) is 8.84. The molecule has 1 aromatic carbocycles. The highest BCUT2D eigenvalue weighted by Gasteiger charge is 2.47. The van der Waals surface area contributed by atoms with Crippen LogP contribution in [-0.4, -0.2) is 84.7 Å². The Bertz CT molecular complexity index is 741. The van der Waals surface area contributed by atoms with Gasteiger partial charge in [-0.05, 0) is 56.6 Å². The predicted octanol–water partition coefficient (Wildman–Crippen LogP) is 3.71. The molecule has 3 atom stereocenters. The Labute approximate surface area is 190 Å². The van der Waals surface area contributed by atoms with Crippen LogP contribution in [0.2, 0.25) is 10.0 Å². The molecule has 30 heavy (non-hydrogen) atoms. The Balaban J connectivity index is 1.52. The molecule has 1 amide bonds. The quantitative estimate of drug-likeness (QED) is 0.657. The highest BCUT2D eigenvalue weighted by atomic mass is 35.5. The van der Waals surface area contributed by atoms with Crippen molar-refractivity contribution in [2.45, 2.75) is 57.2 Å². The summed E-state index contributed by atoms with van der Waals surface area (Å²) in [6, 6.07) is 5.96. The molecule has 4 rings (SSSR count). The smallest absolute Gasteiger partial charge is 0.227 e. The topological polar surface area (TPSA) is 36.0 Å². The lowest BCUT2D eigenvalue weighted by Gasteiger charge is -2.53. The molecule has 166 valence electrons. The minimum atomic E-state index is 0.0905. The zero-order chi connectivity index (χ0) is 21.1. The number of halogens is 2. The standard InChI is InChI=1S/C23H33Cl2N3O2/c1-2-3-8-26-15-20(27-9-4-5-10-27)23-21(16-26)30-12-11-28(23)22(29)14-17-6-7-18(24)19(25)13-17/h6-7,13,20-21,23H,2-5,8-12,14-16H2,1H3. The van der Waals surface area contributed by atoms with Gasteiger partial charge in [-0.3, -0.25) is 14.6 Å². The molecule has 0 aromatic heterocycles. The number of unbranched alkanes of at least 4 members (excludes halogenated alkanes) is 1. The Morgan fingerprint density at radius 3 is 2.67 bits per heavy atom. The van der Waals surface area contributed by atoms with Gasteiger partial charge in [-0.2, -0.15) is 0 Å². The minimum Gasteiger partial charge on any atom is -0.373 e. The number of ether oxygens (including phenoxy) is 1. The van der Waals surface area contributed by atoms with Crippen molar-refractivity contribution in [1.82, 2.24) is 14.7 Å². The summed E-state index contributed by atoms with van der Waals surface area (Å²) in [4.78, 5) is 20.7. The summed E-state index contributed by atoms with van der Waals surface area (Å²) in [5.41, 5.74) is 0.913. The number of amides is 1. The Morgan fingerprint density at radius 1 is 1.13 bits per heavy atom. The summed E-state index contributed by atoms with van der Waals surface area (Å²) < 4.78 is 6.25. The van der Waals surface area contributed by atoms with E-state index in [0.717, 1.165) is 38.3 Å². The molecule has 3 unspecified atom stereocenters. The number of benzene rings is 1. The largest absolute Gasteiger partial charge is 0.373 e. The van der Waals surface area contributed by atoms with E-state index in [1.165, 1.54) is 25.7 Å². The van der Waals surface area contributed by atoms with E-state index in [1.54, 1.807) is 6.07 Å². The van der Waals surface area contributed by atoms with Crippen LogP contribution in [0.5, 0.6) is 0 Å². The number of fused-ring (bicyclic) bond motifs is 1. The van der Waals surface area contributed by atoms with Gasteiger partial charge >= 0.3 is 0 Å². The second kappa shape index (κ2) is 10.2. The molecule has 3 aliphatic rings. The summed E-state index contributed by atoms with van der Waals surface area (Å²) in [6.45, 7) is 8.85. The maximum Gasteiger partial charge on any atom is 0.227 e. The molecule has 3 aliphatic heterocycles. The number of hydrogen-bond donors (Lipinski definition) is 0. The van der Waals surface area contributed by atoms with Gasteiger partial charge < -0.3 is 9.64 Å². The number of carbonyl (C=O) groups is 1. The lowest BCUT2D eigenvalue weighted by atomic mass is 9.91. The molecule has 1 aromatic rings. The van der Waals surface area contributed by atoms with E-state index in [2.05, 4.69) is 21.6 Å². The second-order valence-corrected chi connectivity index (χ2v) is 9.65. The van der Waals surface area contributed by atoms with Gasteiger partial charge in [0.2, 0.25) is 5.91 Å². The SMILES string of the molecule is CCCCN1CC2OCCN(C(=O)Cc3ccc(Cl)c(Cl)c3)C2C(N2CCCC2)C1. The first-order chi connectivity index (χ1) is 14.6. The Morgan fingerprint density at radius 2 is 1.93 bits per heavy atom. The van der Waals surface area contributed by atoms with Crippen molar-refractivity contribution >= 4 is 29.1 Å². The molecular weight excluding hydrogens is 421 g/mol. The number of nitrogens with zero attached hydrogens (tertiary/aromatic N) is 3. The number of morpholine rings is 1. The average Bonchev–Trinajstić information content (AvgIpc) is 3.28. The summed E-state index contributed by atoms with van der Waals surface area (Å²) >= 11 is 12.2. The fourth-order valence-electron chi connectivity index (χ4n) is 5.25. The zero-order valence-corrected chi connectivity index (χ0v) is 19.4. The van der Waals surface area contributed by atoms with Gasteiger partial charge in [0.05, 0.1) is 35.2 Å². The van der Waals surface area contributed by atoms with Crippen LogP contribution in [0.15, 0.2) is 18.2 Å². The van der Waals surface area contributed by atoms with Crippen LogP contribution in [-0.2, 0) is 16.0 Å². The van der Waals surface area contributed by atoms with Gasteiger partial charge in [0, 0.05) is 25.7 Å². The van der Waals surface area contributed by atoms with E-state index in [9.17, 15) is 4.79 Å². The van der Waals surface area contributed by atoms with Crippen molar-refractivity contribution in [3.63, 3.8) is 0 Å². The zero-order valence-electron chi connectivity index (χ0n) is 17.9. The lowest BCUT2D eigenvalue weighted by molar-refractivity contribution is -0.161. The lowest BCUT2D eigenvalue weighted by Crippen LogP contribution is -2.70. The third kappa shape index (κ3) is 4.97. The third-order valence-corrected chi connectivity index (χ3v) is 7.52. The molecule has 0 bridgehead atoms. The highest BCUT2D eigenvalue weighted by Crippen LogP contribution is 2.30. The summed E-state index contributed by atoms with van der Waals surface area (Å²) in [7, 11) is 0. The van der Waals surface area contributed by atoms with Crippen molar-refractivity contribution in [1.29, 1.82) is 0 Å². The van der Waals surface area contributed by atoms with E-state index in [-0.39, 0.29) is 18.1 Å². The van der Waals surface area contributed by atoms with E-state index in [4.69, 9.17) is 27.9 Å². The fraction of sp³-hybridized carbons (Fsp3) is 0.696. The van der Waals surface area contributed by atoms with Crippen LogP contribution in [0.3, 0.4) is 0 Å². The predicted molar refractivity (Wildman–Crippen MR) is 121 cm³/mol. The van der Waals surface area contributed by atoms with Gasteiger partial charge in [0.1, 0.15) is 0 Å². The number of likely N-dealkylation sites (tertiary alicyclic amines) is 2. The Kier molecular flexibility index (Phi) is 7.58. The maximum absolute atomic E-state index is 13.4. The monoisotopic (exact) mass is 453 g/mol. The van der Waals surface area contributed by atoms with E-state index in [1.807, 2.05) is 12.1 Å². The molecule has 7 heteroatoms. The van der Waals surface area contributed by atoms with Gasteiger partial charge in [-0.15, -0.1) is 0 Å². The first-order valence-corrected chi connectivity index (χ1v) is 12.1. The van der Waals surface area contributed by atoms with Crippen LogP contribution in [0.25, 0.3) is 0 Å². The van der Waals surface area contributed by atoms with Gasteiger partial charge in [-0.1, -0.05) is 42.6 Å². The highest BCUT2D eigenvalue weighted by molar-refractivity contribution is 6.42. The number of carbonyl (C=O) groups excluding carboxylic acids is 1. The van der Waals surface area contributed by atoms with Crippen molar-refractivity contribution < 1.29 is 9.53 Å². The van der Waals surface area contributed by atoms with Crippen LogP contribution < -0.4 is 0 Å². The molecule has 3 fully saturated rings. The average molecular weight is 454 g/mol. The summed E-state index contributed by atoms with van der Waals surface area (Å²) in [5, 5.41) is 1.02. The molecule has 0 N–H and O–H groups in total. The number of hydrogen-bond acceptors (Lipinski definition) is 4. The normalized spacial score (nSPS) is 28.0. The molecule has 0 radical (unpaired) electrons. The van der Waals surface area contributed by atoms with E-state index in [0.29, 0.717) is 35.7 Å². The van der Waals surface area contributed by atoms with Crippen molar-refractivity contribution in [2.75, 3.05) is 45.9 Å². The van der Waals surface area contributed by atoms with Crippen molar-refractivity contribution in [3.05, 3.63) is 33.8 Å². The van der Waals surface area contributed by atoms with E-state index < -0.39 is 0 Å². The molecule has 0 saturated carbocycles. The van der Waals surface area contributed by atoms with Gasteiger partial charge in [0.25, 0.3) is 0 Å². The molecule has 3 saturated heterocycles. The fourth-order valence-corrected chi connectivity index (χ4v) is 5.57. The molecule has 5 nitrogen and oxygen atoms in total. The van der Waals surface area contributed by atoms with Crippen LogP contribution >= 0.6 is 23.2 Å². The molecule has 0 aliphatic carbocycles. The Hall–Kier alpha value is -0.850. The molecular formula is C23H33Cl2N3O2. The van der Waals surface area contributed by atoms with Crippen molar-refractivity contribution in [3.8, 4) is 0 Å². The van der Waals surface area contributed by atoms with Crippen LogP contribution in [0.4, 0.5) is 0 Å². The van der Waals surface area contributed by atoms with Crippen LogP contribution in [0, 0.1) is 0 Å². The number of piperidine rings is 1. The summed E-state index contributed by atoms with van der Waals surface area (Å²) in [5.74, 6) is 0.165. The molecule has 3 heterocycles. The number of rotatable bonds is 6. The van der Waals surface area contributed by atoms with Gasteiger partial charge in [0.15, 0.2) is 0 Å². The van der Waals surface area contributed by atoms with E-state index >= 15 is 0 Å². The van der Waals surface area contributed by atoms with Crippen LogP contribution in [0.1, 0.15) is 38.2 Å². The van der Waals surface area contributed by atoms with Gasteiger partial charge in [-0.25, -0.2) is 0 Å². The summed E-state index contributed by atoms with van der Waals surface area (Å²) in [6.07, 6.45) is 5.36. The third-order valence-electron chi connectivity index (χ3n) is 6.78.